The van der Waals surface area contributed by atoms with E-state index < -0.39 is 22.5 Å². The molecule has 9 heteroatoms. The number of aromatic nitrogens is 1. The highest BCUT2D eigenvalue weighted by atomic mass is 79.9. The molecule has 1 amide bonds. The van der Waals surface area contributed by atoms with E-state index in [2.05, 4.69) is 15.9 Å². The number of para-hydroxylation sites is 1. The highest BCUT2D eigenvalue weighted by Crippen LogP contribution is 2.31. The first-order valence-corrected chi connectivity index (χ1v) is 13.6. The number of fused-ring (bicyclic) bond motifs is 1. The Morgan fingerprint density at radius 3 is 2.33 bits per heavy atom. The molecular formula is C27H26BrN3O4S. The first kappa shape index (κ1) is 25.7. The number of pyridine rings is 1. The molecule has 0 aliphatic rings. The highest BCUT2D eigenvalue weighted by molar-refractivity contribution is 9.10. The van der Waals surface area contributed by atoms with E-state index in [1.165, 1.54) is 11.0 Å². The van der Waals surface area contributed by atoms with Crippen molar-refractivity contribution >= 4 is 54.1 Å². The van der Waals surface area contributed by atoms with Crippen LogP contribution in [0.3, 0.4) is 0 Å². The molecule has 4 aromatic rings. The molecule has 0 aliphatic carbocycles. The van der Waals surface area contributed by atoms with Crippen molar-refractivity contribution in [3.05, 3.63) is 99.3 Å². The number of carbonyl (C=O) groups excluding carboxylic acids is 1. The molecule has 36 heavy (non-hydrogen) atoms. The average molecular weight is 568 g/mol. The third kappa shape index (κ3) is 4.94. The van der Waals surface area contributed by atoms with E-state index >= 15 is 0 Å². The Kier molecular flexibility index (Phi) is 7.33. The molecule has 0 unspecified atom stereocenters. The zero-order chi connectivity index (χ0) is 26.0. The van der Waals surface area contributed by atoms with Crippen LogP contribution in [0.5, 0.6) is 0 Å². The van der Waals surface area contributed by atoms with Crippen LogP contribution in [-0.2, 0) is 21.4 Å². The van der Waals surface area contributed by atoms with Crippen LogP contribution in [0.2, 0.25) is 0 Å². The van der Waals surface area contributed by atoms with Gasteiger partial charge in [0.2, 0.25) is 5.91 Å². The number of benzene rings is 3. The minimum Gasteiger partial charge on any atom is -0.314 e. The molecule has 1 aromatic heterocycles. The molecule has 186 valence electrons. The van der Waals surface area contributed by atoms with Crippen molar-refractivity contribution in [3.63, 3.8) is 0 Å². The second-order valence-electron chi connectivity index (χ2n) is 8.39. The average Bonchev–Trinajstić information content (AvgIpc) is 2.87. The Bertz CT molecular complexity index is 1600. The zero-order valence-electron chi connectivity index (χ0n) is 20.2. The zero-order valence-corrected chi connectivity index (χ0v) is 22.6. The monoisotopic (exact) mass is 567 g/mol. The van der Waals surface area contributed by atoms with Gasteiger partial charge in [-0.2, -0.15) is 0 Å². The Balaban J connectivity index is 1.71. The van der Waals surface area contributed by atoms with Crippen molar-refractivity contribution in [2.24, 2.45) is 0 Å². The Hall–Kier alpha value is -3.43. The normalized spacial score (nSPS) is 11.4. The summed E-state index contributed by atoms with van der Waals surface area (Å²) < 4.78 is 30.7. The lowest BCUT2D eigenvalue weighted by Crippen LogP contribution is -2.42. The predicted molar refractivity (Wildman–Crippen MR) is 147 cm³/mol. The summed E-state index contributed by atoms with van der Waals surface area (Å²) in [5.74, 6) is -0.412. The standard InChI is InChI=1S/C27H26BrN3O4S/c1-4-30-24-15-12-21(17-20(24)11-16-26(30)32)29(3)27(33)18-31(25-8-6-5-7-23(25)28)36(34,35)22-13-9-19(2)10-14-22/h5-17H,4,18H2,1-3H3. The maximum atomic E-state index is 13.7. The maximum absolute atomic E-state index is 13.7. The number of rotatable bonds is 7. The van der Waals surface area contributed by atoms with Crippen LogP contribution in [-0.4, -0.2) is 32.5 Å². The van der Waals surface area contributed by atoms with Crippen molar-refractivity contribution in [1.29, 1.82) is 0 Å². The number of halogens is 1. The lowest BCUT2D eigenvalue weighted by atomic mass is 10.1. The van der Waals surface area contributed by atoms with E-state index in [-0.39, 0.29) is 10.5 Å². The molecular weight excluding hydrogens is 542 g/mol. The lowest BCUT2D eigenvalue weighted by molar-refractivity contribution is -0.116. The number of hydrogen-bond acceptors (Lipinski definition) is 4. The molecule has 0 fully saturated rings. The SMILES string of the molecule is CCn1c(=O)ccc2cc(N(C)C(=O)CN(c3ccccc3Br)S(=O)(=O)c3ccc(C)cc3)ccc21. The van der Waals surface area contributed by atoms with E-state index in [9.17, 15) is 18.0 Å². The number of nitrogens with zero attached hydrogens (tertiary/aromatic N) is 3. The Morgan fingerprint density at radius 1 is 0.972 bits per heavy atom. The molecule has 0 radical (unpaired) electrons. The van der Waals surface area contributed by atoms with Crippen molar-refractivity contribution in [2.45, 2.75) is 25.3 Å². The van der Waals surface area contributed by atoms with E-state index in [0.29, 0.717) is 22.4 Å². The van der Waals surface area contributed by atoms with Crippen LogP contribution in [0, 0.1) is 6.92 Å². The van der Waals surface area contributed by atoms with Gasteiger partial charge in [0.25, 0.3) is 15.6 Å². The summed E-state index contributed by atoms with van der Waals surface area (Å²) in [4.78, 5) is 27.1. The van der Waals surface area contributed by atoms with Gasteiger partial charge < -0.3 is 9.47 Å². The highest BCUT2D eigenvalue weighted by Gasteiger charge is 2.30. The molecule has 0 N–H and O–H groups in total. The summed E-state index contributed by atoms with van der Waals surface area (Å²) in [5.41, 5.74) is 2.57. The first-order valence-electron chi connectivity index (χ1n) is 11.4. The molecule has 3 aromatic carbocycles. The molecule has 0 saturated heterocycles. The summed E-state index contributed by atoms with van der Waals surface area (Å²) in [6, 6.07) is 22.0. The number of sulfonamides is 1. The van der Waals surface area contributed by atoms with Crippen molar-refractivity contribution in [3.8, 4) is 0 Å². The number of aryl methyl sites for hydroxylation is 2. The molecule has 0 saturated carbocycles. The largest absolute Gasteiger partial charge is 0.314 e. The number of carbonyl (C=O) groups is 1. The van der Waals surface area contributed by atoms with Gasteiger partial charge in [0.1, 0.15) is 6.54 Å². The smallest absolute Gasteiger partial charge is 0.264 e. The molecule has 4 rings (SSSR count). The van der Waals surface area contributed by atoms with Gasteiger partial charge in [0, 0.05) is 35.2 Å². The van der Waals surface area contributed by atoms with Crippen LogP contribution in [0.15, 0.2) is 93.0 Å². The molecule has 1 heterocycles. The second kappa shape index (κ2) is 10.3. The third-order valence-corrected chi connectivity index (χ3v) is 8.50. The van der Waals surface area contributed by atoms with E-state index in [1.807, 2.05) is 19.9 Å². The second-order valence-corrected chi connectivity index (χ2v) is 11.1. The topological polar surface area (TPSA) is 79.7 Å². The van der Waals surface area contributed by atoms with Crippen molar-refractivity contribution in [1.82, 2.24) is 4.57 Å². The van der Waals surface area contributed by atoms with Gasteiger partial charge in [-0.05, 0) is 78.3 Å². The Morgan fingerprint density at radius 2 is 1.67 bits per heavy atom. The van der Waals surface area contributed by atoms with Gasteiger partial charge in [-0.15, -0.1) is 0 Å². The van der Waals surface area contributed by atoms with Gasteiger partial charge >= 0.3 is 0 Å². The van der Waals surface area contributed by atoms with E-state index in [4.69, 9.17) is 0 Å². The third-order valence-electron chi connectivity index (χ3n) is 6.06. The van der Waals surface area contributed by atoms with Crippen LogP contribution >= 0.6 is 15.9 Å². The fraction of sp³-hybridized carbons (Fsp3) is 0.185. The van der Waals surface area contributed by atoms with Crippen LogP contribution in [0.4, 0.5) is 11.4 Å². The fourth-order valence-electron chi connectivity index (χ4n) is 3.99. The van der Waals surface area contributed by atoms with Gasteiger partial charge in [-0.25, -0.2) is 8.42 Å². The predicted octanol–water partition coefficient (Wildman–Crippen LogP) is 4.95. The summed E-state index contributed by atoms with van der Waals surface area (Å²) in [7, 11) is -2.43. The summed E-state index contributed by atoms with van der Waals surface area (Å²) in [6.07, 6.45) is 0. The molecule has 0 spiro atoms. The summed E-state index contributed by atoms with van der Waals surface area (Å²) in [6.45, 7) is 3.91. The molecule has 0 bridgehead atoms. The first-order chi connectivity index (χ1) is 17.1. The van der Waals surface area contributed by atoms with Crippen LogP contribution in [0.1, 0.15) is 12.5 Å². The lowest BCUT2D eigenvalue weighted by Gasteiger charge is -2.27. The van der Waals surface area contributed by atoms with Crippen molar-refractivity contribution < 1.29 is 13.2 Å². The van der Waals surface area contributed by atoms with Gasteiger partial charge in [-0.1, -0.05) is 29.8 Å². The number of likely N-dealkylation sites (N-methyl/N-ethyl adjacent to an activating group) is 1. The van der Waals surface area contributed by atoms with Gasteiger partial charge in [-0.3, -0.25) is 13.9 Å². The minimum absolute atomic E-state index is 0.0902. The van der Waals surface area contributed by atoms with Gasteiger partial charge in [0.05, 0.1) is 16.1 Å². The summed E-state index contributed by atoms with van der Waals surface area (Å²) in [5, 5.41) is 0.809. The van der Waals surface area contributed by atoms with Crippen molar-refractivity contribution in [2.75, 3.05) is 22.8 Å². The number of amides is 1. The molecule has 0 atom stereocenters. The number of hydrogen-bond donors (Lipinski definition) is 0. The fourth-order valence-corrected chi connectivity index (χ4v) is 6.04. The van der Waals surface area contributed by atoms with E-state index in [1.54, 1.807) is 78.3 Å². The van der Waals surface area contributed by atoms with Gasteiger partial charge in [0.15, 0.2) is 0 Å². The van der Waals surface area contributed by atoms with Crippen LogP contribution in [0.25, 0.3) is 10.9 Å². The number of anilines is 2. The molecule has 7 nitrogen and oxygen atoms in total. The molecule has 0 aliphatic heterocycles. The summed E-state index contributed by atoms with van der Waals surface area (Å²) >= 11 is 3.43. The minimum atomic E-state index is -4.03. The Labute approximate surface area is 218 Å². The quantitative estimate of drug-likeness (QED) is 0.316. The van der Waals surface area contributed by atoms with E-state index in [0.717, 1.165) is 20.8 Å². The maximum Gasteiger partial charge on any atom is 0.264 e. The van der Waals surface area contributed by atoms with Crippen LogP contribution < -0.4 is 14.8 Å².